The zero-order valence-corrected chi connectivity index (χ0v) is 13.7. The van der Waals surface area contributed by atoms with Gasteiger partial charge in [0, 0.05) is 32.2 Å². The van der Waals surface area contributed by atoms with Crippen molar-refractivity contribution < 1.29 is 8.78 Å². The zero-order chi connectivity index (χ0) is 15.3. The van der Waals surface area contributed by atoms with E-state index in [1.54, 1.807) is 11.9 Å². The molecule has 1 atom stereocenters. The van der Waals surface area contributed by atoms with Crippen molar-refractivity contribution in [3.05, 3.63) is 0 Å². The number of nitrogens with zero attached hydrogens (tertiary/aromatic N) is 3. The lowest BCUT2D eigenvalue weighted by atomic mass is 9.98. The molecule has 0 aromatic carbocycles. The Morgan fingerprint density at radius 2 is 1.55 bits per heavy atom. The van der Waals surface area contributed by atoms with Crippen LogP contribution in [0.1, 0.15) is 34.1 Å². The van der Waals surface area contributed by atoms with Crippen LogP contribution in [-0.2, 0) is 0 Å². The minimum atomic E-state index is -2.56. The third-order valence-electron chi connectivity index (χ3n) is 4.27. The molecule has 0 radical (unpaired) electrons. The summed E-state index contributed by atoms with van der Waals surface area (Å²) in [5.74, 6) is -2.56. The quantitative estimate of drug-likeness (QED) is 0.773. The van der Waals surface area contributed by atoms with Crippen LogP contribution >= 0.6 is 0 Å². The molecule has 0 aliphatic carbocycles. The Morgan fingerprint density at radius 1 is 1.00 bits per heavy atom. The lowest BCUT2D eigenvalue weighted by Crippen LogP contribution is -2.61. The van der Waals surface area contributed by atoms with Crippen molar-refractivity contribution >= 4 is 0 Å². The Morgan fingerprint density at radius 3 is 2.00 bits per heavy atom. The van der Waals surface area contributed by atoms with E-state index < -0.39 is 12.0 Å². The van der Waals surface area contributed by atoms with Gasteiger partial charge in [-0.3, -0.25) is 9.80 Å². The molecule has 1 unspecified atom stereocenters. The number of likely N-dealkylation sites (tertiary alicyclic amines) is 1. The van der Waals surface area contributed by atoms with E-state index in [1.807, 2.05) is 18.7 Å². The molecule has 2 aliphatic heterocycles. The van der Waals surface area contributed by atoms with Gasteiger partial charge in [0.1, 0.15) is 0 Å². The standard InChI is InChI=1S/C13H25F2N3.C2H6/c1-11(2)17-6-8-18(9-7-17)12-4-5-16(3)10-13(12,14)15;1-2/h11-12H,4-10H2,1-3H3;1-2H3. The predicted octanol–water partition coefficient (Wildman–Crippen LogP) is 2.38. The Kier molecular flexibility index (Phi) is 6.82. The van der Waals surface area contributed by atoms with Crippen molar-refractivity contribution in [1.29, 1.82) is 0 Å². The summed E-state index contributed by atoms with van der Waals surface area (Å²) >= 11 is 0. The molecule has 2 aliphatic rings. The summed E-state index contributed by atoms with van der Waals surface area (Å²) in [5.41, 5.74) is 0. The van der Waals surface area contributed by atoms with Crippen LogP contribution < -0.4 is 0 Å². The third-order valence-corrected chi connectivity index (χ3v) is 4.27. The summed E-state index contributed by atoms with van der Waals surface area (Å²) in [5, 5.41) is 0. The van der Waals surface area contributed by atoms with Crippen molar-refractivity contribution in [3.63, 3.8) is 0 Å². The molecule has 20 heavy (non-hydrogen) atoms. The minimum Gasteiger partial charge on any atom is -0.300 e. The SMILES string of the molecule is CC.CC(C)N1CCN(C2CCN(C)CC2(F)F)CC1. The number of rotatable bonds is 2. The van der Waals surface area contributed by atoms with Crippen LogP contribution in [0.3, 0.4) is 0 Å². The highest BCUT2D eigenvalue weighted by Gasteiger charge is 2.46. The Bertz CT molecular complexity index is 276. The molecule has 0 N–H and O–H groups in total. The molecule has 5 heteroatoms. The van der Waals surface area contributed by atoms with Gasteiger partial charge >= 0.3 is 0 Å². The predicted molar refractivity (Wildman–Crippen MR) is 80.5 cm³/mol. The van der Waals surface area contributed by atoms with E-state index >= 15 is 0 Å². The second kappa shape index (κ2) is 7.66. The summed E-state index contributed by atoms with van der Waals surface area (Å²) in [6, 6.07) is -0.0341. The topological polar surface area (TPSA) is 9.72 Å². The van der Waals surface area contributed by atoms with Crippen LogP contribution in [0.25, 0.3) is 0 Å². The van der Waals surface area contributed by atoms with Gasteiger partial charge in [-0.1, -0.05) is 13.8 Å². The zero-order valence-electron chi connectivity index (χ0n) is 13.7. The molecule has 0 saturated carbocycles. The highest BCUT2D eigenvalue weighted by Crippen LogP contribution is 2.31. The van der Waals surface area contributed by atoms with Crippen LogP contribution in [0.2, 0.25) is 0 Å². The molecule has 0 aromatic rings. The summed E-state index contributed by atoms with van der Waals surface area (Å²) in [4.78, 5) is 6.11. The van der Waals surface area contributed by atoms with Crippen LogP contribution in [-0.4, -0.2) is 79.0 Å². The maximum atomic E-state index is 14.1. The molecular weight excluding hydrogens is 260 g/mol. The molecule has 2 fully saturated rings. The first-order chi connectivity index (χ1) is 9.40. The van der Waals surface area contributed by atoms with E-state index in [4.69, 9.17) is 0 Å². The first-order valence-corrected chi connectivity index (χ1v) is 7.94. The van der Waals surface area contributed by atoms with Gasteiger partial charge in [-0.05, 0) is 33.9 Å². The molecular formula is C15H31F2N3. The number of piperidine rings is 1. The average Bonchev–Trinajstić information content (AvgIpc) is 2.40. The summed E-state index contributed by atoms with van der Waals surface area (Å²) in [7, 11) is 1.78. The fraction of sp³-hybridized carbons (Fsp3) is 1.00. The monoisotopic (exact) mass is 291 g/mol. The van der Waals surface area contributed by atoms with Crippen molar-refractivity contribution in [2.75, 3.05) is 46.3 Å². The molecule has 120 valence electrons. The Hall–Kier alpha value is -0.260. The smallest absolute Gasteiger partial charge is 0.275 e. The molecule has 0 amide bonds. The lowest BCUT2D eigenvalue weighted by Gasteiger charge is -2.46. The van der Waals surface area contributed by atoms with Gasteiger partial charge < -0.3 is 4.90 Å². The van der Waals surface area contributed by atoms with Gasteiger partial charge in [-0.15, -0.1) is 0 Å². The van der Waals surface area contributed by atoms with E-state index in [0.29, 0.717) is 12.5 Å². The molecule has 0 aromatic heterocycles. The highest BCUT2D eigenvalue weighted by atomic mass is 19.3. The Labute approximate surface area is 122 Å². The van der Waals surface area contributed by atoms with Gasteiger partial charge in [-0.25, -0.2) is 8.78 Å². The van der Waals surface area contributed by atoms with E-state index in [-0.39, 0.29) is 6.54 Å². The first kappa shape index (κ1) is 17.8. The van der Waals surface area contributed by atoms with Crippen molar-refractivity contribution in [2.24, 2.45) is 0 Å². The minimum absolute atomic E-state index is 0.0952. The molecule has 0 bridgehead atoms. The summed E-state index contributed by atoms with van der Waals surface area (Å²) in [6.07, 6.45) is 0.588. The number of piperazine rings is 1. The van der Waals surface area contributed by atoms with E-state index in [2.05, 4.69) is 18.7 Å². The second-order valence-electron chi connectivity index (χ2n) is 5.97. The molecule has 2 saturated heterocycles. The lowest BCUT2D eigenvalue weighted by molar-refractivity contribution is -0.130. The average molecular weight is 291 g/mol. The van der Waals surface area contributed by atoms with Gasteiger partial charge in [-0.2, -0.15) is 0 Å². The van der Waals surface area contributed by atoms with Crippen LogP contribution in [0.4, 0.5) is 8.78 Å². The van der Waals surface area contributed by atoms with E-state index in [0.717, 1.165) is 32.7 Å². The van der Waals surface area contributed by atoms with Gasteiger partial charge in [0.15, 0.2) is 0 Å². The molecule has 0 spiro atoms. The number of halogens is 2. The summed E-state index contributed by atoms with van der Waals surface area (Å²) < 4.78 is 28.1. The van der Waals surface area contributed by atoms with Gasteiger partial charge in [0.2, 0.25) is 0 Å². The maximum Gasteiger partial charge on any atom is 0.275 e. The molecule has 3 nitrogen and oxygen atoms in total. The normalized spacial score (nSPS) is 29.1. The second-order valence-corrected chi connectivity index (χ2v) is 5.97. The van der Waals surface area contributed by atoms with Crippen molar-refractivity contribution in [3.8, 4) is 0 Å². The van der Waals surface area contributed by atoms with Crippen LogP contribution in [0, 0.1) is 0 Å². The summed E-state index contributed by atoms with van der Waals surface area (Å²) in [6.45, 7) is 12.4. The highest BCUT2D eigenvalue weighted by molar-refractivity contribution is 4.94. The van der Waals surface area contributed by atoms with E-state index in [1.165, 1.54) is 0 Å². The third kappa shape index (κ3) is 4.37. The first-order valence-electron chi connectivity index (χ1n) is 7.94. The fourth-order valence-corrected chi connectivity index (χ4v) is 3.11. The largest absolute Gasteiger partial charge is 0.300 e. The van der Waals surface area contributed by atoms with Gasteiger partial charge in [0.05, 0.1) is 12.6 Å². The van der Waals surface area contributed by atoms with Crippen LogP contribution in [0.5, 0.6) is 0 Å². The molecule has 2 rings (SSSR count). The van der Waals surface area contributed by atoms with Crippen molar-refractivity contribution in [2.45, 2.75) is 52.1 Å². The van der Waals surface area contributed by atoms with E-state index in [9.17, 15) is 8.78 Å². The van der Waals surface area contributed by atoms with Crippen LogP contribution in [0.15, 0.2) is 0 Å². The van der Waals surface area contributed by atoms with Crippen molar-refractivity contribution in [1.82, 2.24) is 14.7 Å². The maximum absolute atomic E-state index is 14.1. The number of hydrogen-bond acceptors (Lipinski definition) is 3. The Balaban J connectivity index is 0.000000956. The number of alkyl halides is 2. The van der Waals surface area contributed by atoms with Gasteiger partial charge in [0.25, 0.3) is 5.92 Å². The number of hydrogen-bond donors (Lipinski definition) is 0. The fourth-order valence-electron chi connectivity index (χ4n) is 3.11. The molecule has 2 heterocycles.